The second-order valence-corrected chi connectivity index (χ2v) is 9.99. The number of carbonyl (C=O) groups is 3. The Balaban J connectivity index is 1.86. The van der Waals surface area contributed by atoms with Crippen LogP contribution in [0.3, 0.4) is 0 Å². The topological polar surface area (TPSA) is 84.5 Å². The van der Waals surface area contributed by atoms with Crippen LogP contribution in [0.1, 0.15) is 64.8 Å². The van der Waals surface area contributed by atoms with Crippen molar-refractivity contribution in [1.29, 1.82) is 0 Å². The summed E-state index contributed by atoms with van der Waals surface area (Å²) in [5.74, 6) is -0.808. The Bertz CT molecular complexity index is 953. The van der Waals surface area contributed by atoms with E-state index in [4.69, 9.17) is 4.74 Å². The number of alkyl carbamates (subject to hydrolysis) is 1. The Kier molecular flexibility index (Phi) is 7.55. The summed E-state index contributed by atoms with van der Waals surface area (Å²) in [6.45, 7) is 6.05. The Hall–Kier alpha value is -2.32. The van der Waals surface area contributed by atoms with Gasteiger partial charge in [0.1, 0.15) is 5.00 Å². The SMILES string of the molecule is CCOC(=O)NC(=O)c1c(NC(=O)c2cccc(SC(C)C)c2)sc2c1CCCC2. The maximum Gasteiger partial charge on any atom is 0.414 e. The van der Waals surface area contributed by atoms with E-state index in [0.717, 1.165) is 41.0 Å². The van der Waals surface area contributed by atoms with Gasteiger partial charge in [0.25, 0.3) is 11.8 Å². The number of carbonyl (C=O) groups excluding carboxylic acids is 3. The molecule has 1 aliphatic carbocycles. The van der Waals surface area contributed by atoms with Crippen LogP contribution in [0.5, 0.6) is 0 Å². The molecule has 0 bridgehead atoms. The average molecular weight is 447 g/mol. The fourth-order valence-corrected chi connectivity index (χ4v) is 5.55. The molecule has 0 unspecified atom stereocenters. The third kappa shape index (κ3) is 5.43. The summed E-state index contributed by atoms with van der Waals surface area (Å²) in [5, 5.41) is 6.07. The lowest BCUT2D eigenvalue weighted by Gasteiger charge is -2.13. The van der Waals surface area contributed by atoms with Gasteiger partial charge in [-0.2, -0.15) is 0 Å². The second kappa shape index (κ2) is 10.1. The van der Waals surface area contributed by atoms with Crippen molar-refractivity contribution in [2.45, 2.75) is 56.6 Å². The van der Waals surface area contributed by atoms with Crippen LogP contribution in [0.25, 0.3) is 0 Å². The molecule has 6 nitrogen and oxygen atoms in total. The zero-order chi connectivity index (χ0) is 21.7. The van der Waals surface area contributed by atoms with Crippen LogP contribution in [0.2, 0.25) is 0 Å². The highest BCUT2D eigenvalue weighted by Crippen LogP contribution is 2.38. The van der Waals surface area contributed by atoms with E-state index in [9.17, 15) is 14.4 Å². The highest BCUT2D eigenvalue weighted by atomic mass is 32.2. The first-order valence-corrected chi connectivity index (χ1v) is 11.8. The molecular weight excluding hydrogens is 420 g/mol. The number of thiophene rings is 1. The number of anilines is 1. The standard InChI is InChI=1S/C22H26N2O4S2/c1-4-28-22(27)24-20(26)18-16-10-5-6-11-17(16)30-21(18)23-19(25)14-8-7-9-15(12-14)29-13(2)3/h7-9,12-13H,4-6,10-11H2,1-3H3,(H,23,25)(H,24,26,27). The largest absolute Gasteiger partial charge is 0.450 e. The van der Waals surface area contributed by atoms with E-state index < -0.39 is 12.0 Å². The molecule has 0 saturated carbocycles. The number of nitrogens with one attached hydrogen (secondary N) is 2. The Morgan fingerprint density at radius 2 is 1.93 bits per heavy atom. The Morgan fingerprint density at radius 1 is 1.17 bits per heavy atom. The van der Waals surface area contributed by atoms with Crippen LogP contribution < -0.4 is 10.6 Å². The first-order valence-electron chi connectivity index (χ1n) is 10.1. The van der Waals surface area contributed by atoms with Gasteiger partial charge in [0, 0.05) is 20.6 Å². The lowest BCUT2D eigenvalue weighted by molar-refractivity contribution is 0.0925. The van der Waals surface area contributed by atoms with Gasteiger partial charge < -0.3 is 10.1 Å². The van der Waals surface area contributed by atoms with E-state index in [-0.39, 0.29) is 12.5 Å². The summed E-state index contributed by atoms with van der Waals surface area (Å²) in [5.41, 5.74) is 1.83. The van der Waals surface area contributed by atoms with Crippen molar-refractivity contribution in [2.24, 2.45) is 0 Å². The van der Waals surface area contributed by atoms with E-state index in [1.165, 1.54) is 11.3 Å². The molecule has 1 aliphatic rings. The quantitative estimate of drug-likeness (QED) is 0.591. The van der Waals surface area contributed by atoms with E-state index in [1.807, 2.05) is 18.2 Å². The molecule has 1 heterocycles. The predicted octanol–water partition coefficient (Wildman–Crippen LogP) is 5.27. The number of aryl methyl sites for hydroxylation is 1. The van der Waals surface area contributed by atoms with Gasteiger partial charge in [0.05, 0.1) is 12.2 Å². The van der Waals surface area contributed by atoms with E-state index >= 15 is 0 Å². The molecule has 3 rings (SSSR count). The number of thioether (sulfide) groups is 1. The number of amides is 3. The van der Waals surface area contributed by atoms with Crippen molar-refractivity contribution in [2.75, 3.05) is 11.9 Å². The monoisotopic (exact) mass is 446 g/mol. The van der Waals surface area contributed by atoms with Crippen molar-refractivity contribution in [3.8, 4) is 0 Å². The number of imide groups is 1. The van der Waals surface area contributed by atoms with Crippen molar-refractivity contribution >= 4 is 46.0 Å². The Labute approximate surface area is 184 Å². The lowest BCUT2D eigenvalue weighted by Crippen LogP contribution is -2.32. The number of hydrogen-bond donors (Lipinski definition) is 2. The second-order valence-electron chi connectivity index (χ2n) is 7.24. The average Bonchev–Trinajstić information content (AvgIpc) is 3.05. The minimum atomic E-state index is -0.783. The van der Waals surface area contributed by atoms with Gasteiger partial charge in [-0.05, 0) is 56.4 Å². The lowest BCUT2D eigenvalue weighted by atomic mass is 9.95. The number of ether oxygens (including phenoxy) is 1. The smallest absolute Gasteiger partial charge is 0.414 e. The molecule has 0 saturated heterocycles. The summed E-state index contributed by atoms with van der Waals surface area (Å²) in [7, 11) is 0. The summed E-state index contributed by atoms with van der Waals surface area (Å²) in [6, 6.07) is 7.44. The van der Waals surface area contributed by atoms with Crippen LogP contribution in [-0.2, 0) is 17.6 Å². The maximum absolute atomic E-state index is 12.9. The van der Waals surface area contributed by atoms with Crippen LogP contribution >= 0.6 is 23.1 Å². The molecule has 2 N–H and O–H groups in total. The fraction of sp³-hybridized carbons (Fsp3) is 0.409. The van der Waals surface area contributed by atoms with Crippen molar-refractivity contribution in [1.82, 2.24) is 5.32 Å². The van der Waals surface area contributed by atoms with Crippen molar-refractivity contribution in [3.05, 3.63) is 45.8 Å². The van der Waals surface area contributed by atoms with Gasteiger partial charge in [-0.15, -0.1) is 23.1 Å². The molecule has 3 amide bonds. The number of rotatable bonds is 6. The maximum atomic E-state index is 12.9. The van der Waals surface area contributed by atoms with Gasteiger partial charge in [-0.1, -0.05) is 19.9 Å². The number of benzene rings is 1. The van der Waals surface area contributed by atoms with Crippen molar-refractivity contribution in [3.63, 3.8) is 0 Å². The molecule has 0 fully saturated rings. The first kappa shape index (κ1) is 22.4. The van der Waals surface area contributed by atoms with Gasteiger partial charge in [0.2, 0.25) is 0 Å². The normalized spacial score (nSPS) is 12.9. The molecule has 2 aromatic rings. The molecule has 8 heteroatoms. The molecule has 0 radical (unpaired) electrons. The zero-order valence-electron chi connectivity index (χ0n) is 17.4. The molecule has 1 aromatic carbocycles. The van der Waals surface area contributed by atoms with Crippen LogP contribution in [0, 0.1) is 0 Å². The summed E-state index contributed by atoms with van der Waals surface area (Å²) in [4.78, 5) is 39.6. The molecule has 0 aliphatic heterocycles. The molecular formula is C22H26N2O4S2. The summed E-state index contributed by atoms with van der Waals surface area (Å²) >= 11 is 3.10. The zero-order valence-corrected chi connectivity index (χ0v) is 19.0. The molecule has 30 heavy (non-hydrogen) atoms. The van der Waals surface area contributed by atoms with Gasteiger partial charge >= 0.3 is 6.09 Å². The summed E-state index contributed by atoms with van der Waals surface area (Å²) < 4.78 is 4.83. The minimum Gasteiger partial charge on any atom is -0.450 e. The van der Waals surface area contributed by atoms with Gasteiger partial charge in [-0.25, -0.2) is 4.79 Å². The van der Waals surface area contributed by atoms with E-state index in [1.54, 1.807) is 24.8 Å². The van der Waals surface area contributed by atoms with Crippen LogP contribution in [0.4, 0.5) is 9.80 Å². The van der Waals surface area contributed by atoms with E-state index in [2.05, 4.69) is 24.5 Å². The number of hydrogen-bond acceptors (Lipinski definition) is 6. The van der Waals surface area contributed by atoms with Crippen LogP contribution in [-0.4, -0.2) is 29.8 Å². The van der Waals surface area contributed by atoms with Crippen LogP contribution in [0.15, 0.2) is 29.2 Å². The molecule has 1 aromatic heterocycles. The fourth-order valence-electron chi connectivity index (χ4n) is 3.37. The molecule has 160 valence electrons. The van der Waals surface area contributed by atoms with E-state index in [0.29, 0.717) is 21.4 Å². The number of fused-ring (bicyclic) bond motifs is 1. The highest BCUT2D eigenvalue weighted by Gasteiger charge is 2.27. The predicted molar refractivity (Wildman–Crippen MR) is 121 cm³/mol. The molecule has 0 atom stereocenters. The third-order valence-corrected chi connectivity index (χ3v) is 6.79. The van der Waals surface area contributed by atoms with Crippen molar-refractivity contribution < 1.29 is 19.1 Å². The Morgan fingerprint density at radius 3 is 2.67 bits per heavy atom. The summed E-state index contributed by atoms with van der Waals surface area (Å²) in [6.07, 6.45) is 2.87. The minimum absolute atomic E-state index is 0.176. The third-order valence-electron chi connectivity index (χ3n) is 4.58. The molecule has 0 spiro atoms. The van der Waals surface area contributed by atoms with Gasteiger partial charge in [0.15, 0.2) is 0 Å². The highest BCUT2D eigenvalue weighted by molar-refractivity contribution is 7.99. The first-order chi connectivity index (χ1) is 14.4. The van der Waals surface area contributed by atoms with Gasteiger partial charge in [-0.3, -0.25) is 14.9 Å².